The van der Waals surface area contributed by atoms with Crippen LogP contribution in [0.1, 0.15) is 6.92 Å². The Hall–Kier alpha value is -0.290. The Morgan fingerprint density at radius 1 is 1.27 bits per heavy atom. The SMILES string of the molecule is CC(O)(C(F)(F)F)[N+]1(C)CC1. The highest BCUT2D eigenvalue weighted by Gasteiger charge is 2.68. The van der Waals surface area contributed by atoms with Crippen LogP contribution in [0.3, 0.4) is 0 Å². The standard InChI is InChI=1S/C6H11F3NO/c1-5(11,6(7,8)9)10(2)3-4-10/h11H,3-4H2,1-2H3/q+1. The monoisotopic (exact) mass is 170 g/mol. The first-order valence-corrected chi connectivity index (χ1v) is 3.34. The normalized spacial score (nSPS) is 27.8. The van der Waals surface area contributed by atoms with Crippen LogP contribution >= 0.6 is 0 Å². The molecule has 1 N–H and O–H groups in total. The molecular weight excluding hydrogens is 159 g/mol. The summed E-state index contributed by atoms with van der Waals surface area (Å²) in [5.74, 6) is 0. The van der Waals surface area contributed by atoms with Gasteiger partial charge in [-0.05, 0) is 0 Å². The van der Waals surface area contributed by atoms with E-state index in [1.807, 2.05) is 0 Å². The third-order valence-electron chi connectivity index (χ3n) is 2.48. The fourth-order valence-electron chi connectivity index (χ4n) is 0.891. The fraction of sp³-hybridized carbons (Fsp3) is 1.00. The van der Waals surface area contributed by atoms with Crippen molar-refractivity contribution in [1.29, 1.82) is 0 Å². The topological polar surface area (TPSA) is 20.2 Å². The van der Waals surface area contributed by atoms with Crippen LogP contribution in [0.2, 0.25) is 0 Å². The highest BCUT2D eigenvalue weighted by atomic mass is 19.4. The second-order valence-electron chi connectivity index (χ2n) is 3.36. The van der Waals surface area contributed by atoms with E-state index in [1.165, 1.54) is 7.05 Å². The zero-order valence-corrected chi connectivity index (χ0v) is 6.44. The summed E-state index contributed by atoms with van der Waals surface area (Å²) in [7, 11) is 1.40. The van der Waals surface area contributed by atoms with Gasteiger partial charge in [0.15, 0.2) is 0 Å². The van der Waals surface area contributed by atoms with Crippen LogP contribution in [0, 0.1) is 0 Å². The highest BCUT2D eigenvalue weighted by Crippen LogP contribution is 2.41. The molecule has 11 heavy (non-hydrogen) atoms. The molecule has 0 aromatic heterocycles. The van der Waals surface area contributed by atoms with Gasteiger partial charge in [0.1, 0.15) is 13.1 Å². The number of likely N-dealkylation sites (N-methyl/N-ethyl adjacent to an activating group) is 1. The molecule has 1 rings (SSSR count). The maximum absolute atomic E-state index is 12.1. The van der Waals surface area contributed by atoms with Gasteiger partial charge in [-0.1, -0.05) is 0 Å². The predicted molar refractivity (Wildman–Crippen MR) is 32.6 cm³/mol. The van der Waals surface area contributed by atoms with Crippen LogP contribution < -0.4 is 0 Å². The first-order chi connectivity index (χ1) is 4.71. The Morgan fingerprint density at radius 2 is 1.64 bits per heavy atom. The second-order valence-corrected chi connectivity index (χ2v) is 3.36. The van der Waals surface area contributed by atoms with Gasteiger partial charge in [-0.15, -0.1) is 0 Å². The maximum atomic E-state index is 12.1. The van der Waals surface area contributed by atoms with Crippen LogP contribution in [-0.2, 0) is 0 Å². The molecular formula is C6H11F3NO+. The molecule has 0 spiro atoms. The summed E-state index contributed by atoms with van der Waals surface area (Å²) in [6.07, 6.45) is -4.53. The smallest absolute Gasteiger partial charge is 0.336 e. The van der Waals surface area contributed by atoms with Crippen molar-refractivity contribution in [3.63, 3.8) is 0 Å². The number of hydrogen-bond donors (Lipinski definition) is 1. The molecule has 2 nitrogen and oxygen atoms in total. The van der Waals surface area contributed by atoms with E-state index in [0.717, 1.165) is 6.92 Å². The Morgan fingerprint density at radius 3 is 1.73 bits per heavy atom. The number of alkyl halides is 3. The Labute approximate surface area is 62.8 Å². The van der Waals surface area contributed by atoms with Gasteiger partial charge < -0.3 is 5.11 Å². The summed E-state index contributed by atoms with van der Waals surface area (Å²) in [5.41, 5.74) is -2.58. The Bertz CT molecular complexity index is 164. The molecule has 1 heterocycles. The summed E-state index contributed by atoms with van der Waals surface area (Å²) >= 11 is 0. The van der Waals surface area contributed by atoms with E-state index >= 15 is 0 Å². The molecule has 1 aliphatic heterocycles. The molecule has 0 bridgehead atoms. The molecule has 5 heteroatoms. The Kier molecular flexibility index (Phi) is 1.52. The lowest BCUT2D eigenvalue weighted by molar-refractivity contribution is -0.886. The lowest BCUT2D eigenvalue weighted by Gasteiger charge is -2.32. The number of quaternary nitrogens is 1. The summed E-state index contributed by atoms with van der Waals surface area (Å²) in [4.78, 5) is 0. The highest BCUT2D eigenvalue weighted by molar-refractivity contribution is 4.76. The van der Waals surface area contributed by atoms with Gasteiger partial charge >= 0.3 is 6.18 Å². The predicted octanol–water partition coefficient (Wildman–Crippen LogP) is 0.717. The lowest BCUT2D eigenvalue weighted by Crippen LogP contribution is -2.57. The molecule has 0 saturated carbocycles. The van der Waals surface area contributed by atoms with Crippen LogP contribution in [0.4, 0.5) is 13.2 Å². The third kappa shape index (κ3) is 1.12. The van der Waals surface area contributed by atoms with Gasteiger partial charge in [0, 0.05) is 6.92 Å². The molecule has 0 radical (unpaired) electrons. The molecule has 1 aliphatic rings. The average Bonchev–Trinajstić information content (AvgIpc) is 2.45. The van der Waals surface area contributed by atoms with Crippen molar-refractivity contribution < 1.29 is 22.8 Å². The third-order valence-corrected chi connectivity index (χ3v) is 2.48. The van der Waals surface area contributed by atoms with Crippen molar-refractivity contribution in [2.45, 2.75) is 18.8 Å². The molecule has 0 amide bonds. The fourth-order valence-corrected chi connectivity index (χ4v) is 0.891. The minimum absolute atomic E-state index is 0.309. The molecule has 1 saturated heterocycles. The van der Waals surface area contributed by atoms with E-state index in [0.29, 0.717) is 13.1 Å². The summed E-state index contributed by atoms with van der Waals surface area (Å²) in [5, 5.41) is 9.10. The van der Waals surface area contributed by atoms with E-state index in [1.54, 1.807) is 0 Å². The molecule has 0 aliphatic carbocycles. The second kappa shape index (κ2) is 1.90. The van der Waals surface area contributed by atoms with Crippen molar-refractivity contribution in [2.75, 3.05) is 20.1 Å². The van der Waals surface area contributed by atoms with Crippen molar-refractivity contribution in [3.05, 3.63) is 0 Å². The van der Waals surface area contributed by atoms with Crippen molar-refractivity contribution in [1.82, 2.24) is 0 Å². The molecule has 66 valence electrons. The van der Waals surface area contributed by atoms with Crippen molar-refractivity contribution in [2.24, 2.45) is 0 Å². The molecule has 0 aromatic carbocycles. The van der Waals surface area contributed by atoms with E-state index in [2.05, 4.69) is 0 Å². The quantitative estimate of drug-likeness (QED) is 0.454. The summed E-state index contributed by atoms with van der Waals surface area (Å²) < 4.78 is 36.0. The first-order valence-electron chi connectivity index (χ1n) is 3.34. The molecule has 0 aromatic rings. The van der Waals surface area contributed by atoms with Gasteiger partial charge in [0.2, 0.25) is 0 Å². The number of nitrogens with zero attached hydrogens (tertiary/aromatic N) is 1. The Balaban J connectivity index is 2.82. The zero-order valence-electron chi connectivity index (χ0n) is 6.44. The summed E-state index contributed by atoms with van der Waals surface area (Å²) in [6.45, 7) is 1.61. The average molecular weight is 170 g/mol. The van der Waals surface area contributed by atoms with Crippen LogP contribution in [0.15, 0.2) is 0 Å². The number of hydrogen-bond acceptors (Lipinski definition) is 1. The minimum atomic E-state index is -4.53. The van der Waals surface area contributed by atoms with E-state index in [9.17, 15) is 13.2 Å². The largest absolute Gasteiger partial charge is 0.472 e. The summed E-state index contributed by atoms with van der Waals surface area (Å²) in [6, 6.07) is 0. The molecule has 1 unspecified atom stereocenters. The number of aliphatic hydroxyl groups is 1. The van der Waals surface area contributed by atoms with Crippen LogP contribution in [0.5, 0.6) is 0 Å². The van der Waals surface area contributed by atoms with E-state index in [4.69, 9.17) is 5.11 Å². The number of rotatable bonds is 1. The van der Waals surface area contributed by atoms with Gasteiger partial charge in [0.25, 0.3) is 5.72 Å². The van der Waals surface area contributed by atoms with Crippen molar-refractivity contribution in [3.8, 4) is 0 Å². The number of halogens is 3. The van der Waals surface area contributed by atoms with Gasteiger partial charge in [-0.25, -0.2) is 0 Å². The van der Waals surface area contributed by atoms with E-state index < -0.39 is 11.9 Å². The van der Waals surface area contributed by atoms with E-state index in [-0.39, 0.29) is 4.48 Å². The van der Waals surface area contributed by atoms with Gasteiger partial charge in [-0.3, -0.25) is 4.48 Å². The maximum Gasteiger partial charge on any atom is 0.472 e. The molecule has 1 atom stereocenters. The lowest BCUT2D eigenvalue weighted by atomic mass is 10.2. The molecule has 1 fully saturated rings. The first kappa shape index (κ1) is 8.80. The van der Waals surface area contributed by atoms with Crippen molar-refractivity contribution >= 4 is 0 Å². The minimum Gasteiger partial charge on any atom is -0.336 e. The van der Waals surface area contributed by atoms with Crippen LogP contribution in [-0.4, -0.2) is 41.6 Å². The van der Waals surface area contributed by atoms with Crippen LogP contribution in [0.25, 0.3) is 0 Å². The van der Waals surface area contributed by atoms with Gasteiger partial charge in [0.05, 0.1) is 7.05 Å². The zero-order chi connectivity index (χ0) is 8.91. The van der Waals surface area contributed by atoms with Gasteiger partial charge in [-0.2, -0.15) is 13.2 Å².